The Hall–Kier alpha value is -0.620. The summed E-state index contributed by atoms with van der Waals surface area (Å²) in [5.74, 6) is 0.837. The van der Waals surface area contributed by atoms with Crippen LogP contribution in [-0.2, 0) is 11.3 Å². The van der Waals surface area contributed by atoms with Crippen molar-refractivity contribution in [2.24, 2.45) is 11.7 Å². The molecule has 1 amide bonds. The number of nitrogens with two attached hydrogens (primary N) is 1. The van der Waals surface area contributed by atoms with E-state index in [0.29, 0.717) is 19.0 Å². The van der Waals surface area contributed by atoms with Crippen molar-refractivity contribution in [2.75, 3.05) is 33.2 Å². The molecule has 1 saturated heterocycles. The Morgan fingerprint density at radius 3 is 2.87 bits per heavy atom. The first kappa shape index (κ1) is 20.4. The van der Waals surface area contributed by atoms with Gasteiger partial charge in [0.25, 0.3) is 0 Å². The second kappa shape index (κ2) is 10.3. The molecule has 1 unspecified atom stereocenters. The minimum Gasteiger partial charge on any atom is -0.340 e. The fraction of sp³-hybridized carbons (Fsp3) is 0.588. The maximum atomic E-state index is 12.4. The number of hydrogen-bond donors (Lipinski definition) is 1. The maximum absolute atomic E-state index is 12.4. The van der Waals surface area contributed by atoms with E-state index in [-0.39, 0.29) is 18.3 Å². The summed E-state index contributed by atoms with van der Waals surface area (Å²) in [4.78, 5) is 16.5. The lowest BCUT2D eigenvalue weighted by molar-refractivity contribution is -0.132. The molecule has 0 spiro atoms. The molecule has 1 heterocycles. The summed E-state index contributed by atoms with van der Waals surface area (Å²) in [6.45, 7) is 3.93. The van der Waals surface area contributed by atoms with Crippen LogP contribution in [0.5, 0.6) is 0 Å². The van der Waals surface area contributed by atoms with E-state index in [2.05, 4.69) is 20.8 Å². The van der Waals surface area contributed by atoms with Gasteiger partial charge in [0, 0.05) is 24.6 Å². The number of likely N-dealkylation sites (N-methyl/N-ethyl adjacent to an activating group) is 1. The normalized spacial score (nSPS) is 18.3. The van der Waals surface area contributed by atoms with Crippen LogP contribution in [0.3, 0.4) is 0 Å². The zero-order chi connectivity index (χ0) is 15.9. The highest BCUT2D eigenvalue weighted by molar-refractivity contribution is 9.10. The van der Waals surface area contributed by atoms with E-state index in [4.69, 9.17) is 5.73 Å². The number of benzene rings is 1. The molecule has 1 aliphatic heterocycles. The van der Waals surface area contributed by atoms with Gasteiger partial charge in [-0.25, -0.2) is 0 Å². The summed E-state index contributed by atoms with van der Waals surface area (Å²) < 4.78 is 1.05. The van der Waals surface area contributed by atoms with Crippen molar-refractivity contribution in [1.82, 2.24) is 9.80 Å². The highest BCUT2D eigenvalue weighted by Gasteiger charge is 2.22. The van der Waals surface area contributed by atoms with Gasteiger partial charge in [0.15, 0.2) is 0 Å². The Morgan fingerprint density at radius 2 is 2.17 bits per heavy atom. The quantitative estimate of drug-likeness (QED) is 0.793. The summed E-state index contributed by atoms with van der Waals surface area (Å²) in [5.41, 5.74) is 6.79. The van der Waals surface area contributed by atoms with E-state index < -0.39 is 0 Å². The van der Waals surface area contributed by atoms with Gasteiger partial charge in [0.2, 0.25) is 5.91 Å². The minimum absolute atomic E-state index is 0. The van der Waals surface area contributed by atoms with Gasteiger partial charge < -0.3 is 10.6 Å². The molecule has 0 aliphatic carbocycles. The van der Waals surface area contributed by atoms with Crippen LogP contribution in [0, 0.1) is 5.92 Å². The molecule has 2 N–H and O–H groups in total. The Kier molecular flexibility index (Phi) is 9.14. The lowest BCUT2D eigenvalue weighted by atomic mass is 9.95. The van der Waals surface area contributed by atoms with Gasteiger partial charge in [-0.15, -0.1) is 12.4 Å². The molecule has 1 atom stereocenters. The first-order valence-corrected chi connectivity index (χ1v) is 8.79. The summed E-state index contributed by atoms with van der Waals surface area (Å²) in [6, 6.07) is 8.04. The molecule has 0 bridgehead atoms. The average molecular weight is 405 g/mol. The lowest BCUT2D eigenvalue weighted by Gasteiger charge is -2.33. The van der Waals surface area contributed by atoms with Crippen LogP contribution in [0.15, 0.2) is 28.7 Å². The molecule has 1 aromatic rings. The standard InChI is InChI=1S/C17H26BrN3O.ClH/c1-20(12-15-6-2-3-7-16(15)18)17(22)13-21-10-4-5-14(11-21)8-9-19;/h2-3,6-7,14H,4-5,8-13,19H2,1H3;1H. The molecule has 6 heteroatoms. The number of likely N-dealkylation sites (tertiary alicyclic amines) is 1. The molecule has 0 saturated carbocycles. The Labute approximate surface area is 153 Å². The van der Waals surface area contributed by atoms with Crippen LogP contribution in [0.2, 0.25) is 0 Å². The Morgan fingerprint density at radius 1 is 1.43 bits per heavy atom. The van der Waals surface area contributed by atoms with E-state index >= 15 is 0 Å². The zero-order valence-electron chi connectivity index (χ0n) is 13.7. The van der Waals surface area contributed by atoms with E-state index in [1.165, 1.54) is 12.8 Å². The molecule has 1 aliphatic rings. The summed E-state index contributed by atoms with van der Waals surface area (Å²) in [5, 5.41) is 0. The summed E-state index contributed by atoms with van der Waals surface area (Å²) >= 11 is 3.54. The molecule has 1 fully saturated rings. The topological polar surface area (TPSA) is 49.6 Å². The average Bonchev–Trinajstić information content (AvgIpc) is 2.50. The van der Waals surface area contributed by atoms with Crippen molar-refractivity contribution in [3.05, 3.63) is 34.3 Å². The van der Waals surface area contributed by atoms with Crippen molar-refractivity contribution in [3.8, 4) is 0 Å². The molecule has 23 heavy (non-hydrogen) atoms. The number of rotatable bonds is 6. The third kappa shape index (κ3) is 6.42. The predicted molar refractivity (Wildman–Crippen MR) is 101 cm³/mol. The van der Waals surface area contributed by atoms with Gasteiger partial charge in [-0.1, -0.05) is 34.1 Å². The second-order valence-electron chi connectivity index (χ2n) is 6.16. The highest BCUT2D eigenvalue weighted by atomic mass is 79.9. The molecule has 4 nitrogen and oxygen atoms in total. The first-order valence-electron chi connectivity index (χ1n) is 8.00. The van der Waals surface area contributed by atoms with Crippen molar-refractivity contribution >= 4 is 34.2 Å². The number of piperidine rings is 1. The largest absolute Gasteiger partial charge is 0.340 e. The first-order chi connectivity index (χ1) is 10.6. The van der Waals surface area contributed by atoms with Gasteiger partial charge in [0.1, 0.15) is 0 Å². The van der Waals surface area contributed by atoms with Crippen LogP contribution >= 0.6 is 28.3 Å². The van der Waals surface area contributed by atoms with E-state index in [1.54, 1.807) is 0 Å². The highest BCUT2D eigenvalue weighted by Crippen LogP contribution is 2.20. The van der Waals surface area contributed by atoms with E-state index in [9.17, 15) is 4.79 Å². The number of carbonyl (C=O) groups excluding carboxylic acids is 1. The summed E-state index contributed by atoms with van der Waals surface area (Å²) in [6.07, 6.45) is 3.48. The molecule has 2 rings (SSSR count). The smallest absolute Gasteiger partial charge is 0.236 e. The number of hydrogen-bond acceptors (Lipinski definition) is 3. The number of nitrogens with zero attached hydrogens (tertiary/aromatic N) is 2. The van der Waals surface area contributed by atoms with Gasteiger partial charge in [-0.2, -0.15) is 0 Å². The van der Waals surface area contributed by atoms with Crippen LogP contribution < -0.4 is 5.73 Å². The number of halogens is 2. The lowest BCUT2D eigenvalue weighted by Crippen LogP contribution is -2.43. The van der Waals surface area contributed by atoms with Crippen molar-refractivity contribution in [1.29, 1.82) is 0 Å². The number of amides is 1. The van der Waals surface area contributed by atoms with Crippen LogP contribution in [-0.4, -0.2) is 48.9 Å². The minimum atomic E-state index is 0. The maximum Gasteiger partial charge on any atom is 0.236 e. The van der Waals surface area contributed by atoms with Crippen molar-refractivity contribution < 1.29 is 4.79 Å². The van der Waals surface area contributed by atoms with Crippen LogP contribution in [0.4, 0.5) is 0 Å². The third-order valence-electron chi connectivity index (χ3n) is 4.33. The third-order valence-corrected chi connectivity index (χ3v) is 5.10. The summed E-state index contributed by atoms with van der Waals surface area (Å²) in [7, 11) is 1.88. The fourth-order valence-electron chi connectivity index (χ4n) is 3.05. The molecular weight excluding hydrogens is 378 g/mol. The molecule has 130 valence electrons. The Balaban J connectivity index is 0.00000264. The van der Waals surface area contributed by atoms with Gasteiger partial charge in [-0.05, 0) is 49.9 Å². The molecule has 1 aromatic carbocycles. The molecule has 0 aromatic heterocycles. The van der Waals surface area contributed by atoms with Crippen LogP contribution in [0.25, 0.3) is 0 Å². The van der Waals surface area contributed by atoms with Gasteiger partial charge >= 0.3 is 0 Å². The van der Waals surface area contributed by atoms with Crippen molar-refractivity contribution in [3.63, 3.8) is 0 Å². The zero-order valence-corrected chi connectivity index (χ0v) is 16.1. The van der Waals surface area contributed by atoms with E-state index in [1.807, 2.05) is 36.2 Å². The molecular formula is C17H27BrClN3O. The predicted octanol–water partition coefficient (Wildman–Crippen LogP) is 2.89. The second-order valence-corrected chi connectivity index (χ2v) is 7.02. The van der Waals surface area contributed by atoms with E-state index in [0.717, 1.165) is 36.1 Å². The molecule has 0 radical (unpaired) electrons. The monoisotopic (exact) mass is 403 g/mol. The van der Waals surface area contributed by atoms with Crippen LogP contribution in [0.1, 0.15) is 24.8 Å². The van der Waals surface area contributed by atoms with Crippen molar-refractivity contribution in [2.45, 2.75) is 25.8 Å². The SMILES string of the molecule is CN(Cc1ccccc1Br)C(=O)CN1CCCC(CCN)C1.Cl. The number of carbonyl (C=O) groups is 1. The van der Waals surface area contributed by atoms with Gasteiger partial charge in [-0.3, -0.25) is 9.69 Å². The fourth-order valence-corrected chi connectivity index (χ4v) is 3.46. The Bertz CT molecular complexity index is 498. The van der Waals surface area contributed by atoms with Gasteiger partial charge in [0.05, 0.1) is 6.54 Å².